The second kappa shape index (κ2) is 6.08. The molecule has 1 rings (SSSR count). The van der Waals surface area contributed by atoms with Gasteiger partial charge in [0.05, 0.1) is 5.69 Å². The quantitative estimate of drug-likeness (QED) is 0.812. The fourth-order valence-corrected chi connectivity index (χ4v) is 2.01. The molecule has 0 saturated carbocycles. The van der Waals surface area contributed by atoms with Crippen LogP contribution in [0.25, 0.3) is 0 Å². The third-order valence-corrected chi connectivity index (χ3v) is 3.58. The SMILES string of the molecule is CCCc1c(O)c(C(C)CC)nn1C(C)CC. The molecule has 1 N–H and O–H groups in total. The van der Waals surface area contributed by atoms with Crippen molar-refractivity contribution in [3.8, 4) is 5.75 Å². The number of aromatic hydroxyl groups is 1. The first-order chi connectivity index (χ1) is 8.06. The number of aromatic nitrogens is 2. The summed E-state index contributed by atoms with van der Waals surface area (Å²) in [5.74, 6) is 0.761. The van der Waals surface area contributed by atoms with E-state index >= 15 is 0 Å². The number of rotatable bonds is 6. The van der Waals surface area contributed by atoms with Crippen LogP contribution < -0.4 is 0 Å². The summed E-state index contributed by atoms with van der Waals surface area (Å²) >= 11 is 0. The van der Waals surface area contributed by atoms with Gasteiger partial charge in [0, 0.05) is 12.0 Å². The normalized spacial score (nSPS) is 14.9. The standard InChI is InChI=1S/C14H26N2O/c1-6-9-12-14(17)13(10(4)7-2)15-16(12)11(5)8-3/h10-11,17H,6-9H2,1-5H3. The van der Waals surface area contributed by atoms with Crippen LogP contribution in [0.3, 0.4) is 0 Å². The summed E-state index contributed by atoms with van der Waals surface area (Å²) in [5, 5.41) is 14.9. The van der Waals surface area contributed by atoms with Gasteiger partial charge in [0.15, 0.2) is 5.75 Å². The predicted molar refractivity (Wildman–Crippen MR) is 71.6 cm³/mol. The van der Waals surface area contributed by atoms with E-state index in [1.165, 1.54) is 0 Å². The molecule has 1 aromatic heterocycles. The summed E-state index contributed by atoms with van der Waals surface area (Å²) in [5.41, 5.74) is 1.88. The molecule has 0 aromatic carbocycles. The summed E-state index contributed by atoms with van der Waals surface area (Å²) in [6.45, 7) is 10.7. The Kier molecular flexibility index (Phi) is 5.03. The minimum absolute atomic E-state index is 0.330. The molecule has 2 atom stereocenters. The van der Waals surface area contributed by atoms with Crippen LogP contribution in [-0.2, 0) is 6.42 Å². The largest absolute Gasteiger partial charge is 0.504 e. The fraction of sp³-hybridized carbons (Fsp3) is 0.786. The van der Waals surface area contributed by atoms with E-state index in [1.807, 2.05) is 4.68 Å². The van der Waals surface area contributed by atoms with E-state index in [4.69, 9.17) is 0 Å². The molecule has 0 spiro atoms. The van der Waals surface area contributed by atoms with Gasteiger partial charge in [-0.05, 0) is 26.2 Å². The molecule has 0 bridgehead atoms. The van der Waals surface area contributed by atoms with Crippen molar-refractivity contribution in [3.63, 3.8) is 0 Å². The molecule has 0 saturated heterocycles. The summed E-state index contributed by atoms with van der Waals surface area (Å²) in [6.07, 6.45) is 3.99. The third kappa shape index (κ3) is 2.82. The van der Waals surface area contributed by atoms with Crippen LogP contribution in [0.1, 0.15) is 77.2 Å². The van der Waals surface area contributed by atoms with Crippen molar-refractivity contribution in [2.24, 2.45) is 0 Å². The summed E-state index contributed by atoms with van der Waals surface area (Å²) in [4.78, 5) is 0. The van der Waals surface area contributed by atoms with Gasteiger partial charge in [-0.15, -0.1) is 0 Å². The Labute approximate surface area is 105 Å². The lowest BCUT2D eigenvalue weighted by molar-refractivity contribution is 0.435. The van der Waals surface area contributed by atoms with Crippen molar-refractivity contribution in [1.29, 1.82) is 0 Å². The van der Waals surface area contributed by atoms with Crippen molar-refractivity contribution in [1.82, 2.24) is 9.78 Å². The Morgan fingerprint density at radius 2 is 1.82 bits per heavy atom. The number of hydrogen-bond acceptors (Lipinski definition) is 2. The first-order valence-electron chi connectivity index (χ1n) is 6.86. The van der Waals surface area contributed by atoms with Gasteiger partial charge < -0.3 is 5.11 Å². The van der Waals surface area contributed by atoms with Gasteiger partial charge >= 0.3 is 0 Å². The highest BCUT2D eigenvalue weighted by Gasteiger charge is 2.21. The van der Waals surface area contributed by atoms with Gasteiger partial charge in [-0.25, -0.2) is 0 Å². The number of nitrogens with zero attached hydrogens (tertiary/aromatic N) is 2. The first-order valence-corrected chi connectivity index (χ1v) is 6.86. The summed E-state index contributed by atoms with van der Waals surface area (Å²) < 4.78 is 2.03. The molecule has 0 aliphatic heterocycles. The predicted octanol–water partition coefficient (Wildman–Crippen LogP) is 4.03. The van der Waals surface area contributed by atoms with Gasteiger partial charge in [-0.2, -0.15) is 5.10 Å². The number of hydrogen-bond donors (Lipinski definition) is 1. The maximum atomic E-state index is 10.3. The van der Waals surface area contributed by atoms with Gasteiger partial charge in [-0.3, -0.25) is 4.68 Å². The maximum Gasteiger partial charge on any atom is 0.160 e. The highest BCUT2D eigenvalue weighted by molar-refractivity contribution is 5.35. The van der Waals surface area contributed by atoms with Gasteiger partial charge in [0.1, 0.15) is 5.69 Å². The average molecular weight is 238 g/mol. The molecule has 1 aromatic rings. The van der Waals surface area contributed by atoms with Crippen LogP contribution in [0.2, 0.25) is 0 Å². The second-order valence-corrected chi connectivity index (χ2v) is 4.94. The Morgan fingerprint density at radius 1 is 1.18 bits per heavy atom. The monoisotopic (exact) mass is 238 g/mol. The molecular formula is C14H26N2O. The van der Waals surface area contributed by atoms with E-state index in [9.17, 15) is 5.11 Å². The van der Waals surface area contributed by atoms with Crippen LogP contribution >= 0.6 is 0 Å². The molecule has 2 unspecified atom stereocenters. The Hall–Kier alpha value is -0.990. The molecule has 0 radical (unpaired) electrons. The summed E-state index contributed by atoms with van der Waals surface area (Å²) in [6, 6.07) is 0.361. The fourth-order valence-electron chi connectivity index (χ4n) is 2.01. The Bertz CT molecular complexity index is 357. The zero-order valence-corrected chi connectivity index (χ0v) is 11.8. The lowest BCUT2D eigenvalue weighted by Gasteiger charge is -2.13. The first kappa shape index (κ1) is 14.1. The molecule has 0 amide bonds. The lowest BCUT2D eigenvalue weighted by Crippen LogP contribution is -2.10. The lowest BCUT2D eigenvalue weighted by atomic mass is 10.0. The highest BCUT2D eigenvalue weighted by atomic mass is 16.3. The second-order valence-electron chi connectivity index (χ2n) is 4.94. The van der Waals surface area contributed by atoms with E-state index in [-0.39, 0.29) is 0 Å². The van der Waals surface area contributed by atoms with Gasteiger partial charge in [-0.1, -0.05) is 34.1 Å². The third-order valence-electron chi connectivity index (χ3n) is 3.58. The van der Waals surface area contributed by atoms with Crippen molar-refractivity contribution >= 4 is 0 Å². The van der Waals surface area contributed by atoms with Gasteiger partial charge in [0.25, 0.3) is 0 Å². The molecule has 0 aliphatic rings. The smallest absolute Gasteiger partial charge is 0.160 e. The minimum Gasteiger partial charge on any atom is -0.504 e. The Balaban J connectivity index is 3.19. The molecule has 0 fully saturated rings. The van der Waals surface area contributed by atoms with E-state index in [0.717, 1.165) is 37.1 Å². The van der Waals surface area contributed by atoms with Crippen LogP contribution in [0, 0.1) is 0 Å². The van der Waals surface area contributed by atoms with Gasteiger partial charge in [0.2, 0.25) is 0 Å². The molecule has 3 heteroatoms. The van der Waals surface area contributed by atoms with Crippen molar-refractivity contribution in [2.75, 3.05) is 0 Å². The highest BCUT2D eigenvalue weighted by Crippen LogP contribution is 2.33. The van der Waals surface area contributed by atoms with Crippen LogP contribution in [0.15, 0.2) is 0 Å². The van der Waals surface area contributed by atoms with Crippen LogP contribution in [-0.4, -0.2) is 14.9 Å². The Morgan fingerprint density at radius 3 is 2.29 bits per heavy atom. The molecule has 3 nitrogen and oxygen atoms in total. The molecule has 17 heavy (non-hydrogen) atoms. The van der Waals surface area contributed by atoms with E-state index in [2.05, 4.69) is 39.7 Å². The maximum absolute atomic E-state index is 10.3. The molecule has 98 valence electrons. The minimum atomic E-state index is 0.330. The average Bonchev–Trinajstić information content (AvgIpc) is 2.66. The zero-order chi connectivity index (χ0) is 13.0. The van der Waals surface area contributed by atoms with Crippen molar-refractivity contribution in [3.05, 3.63) is 11.4 Å². The molecule has 0 aliphatic carbocycles. The zero-order valence-electron chi connectivity index (χ0n) is 11.8. The topological polar surface area (TPSA) is 38.1 Å². The molecule has 1 heterocycles. The van der Waals surface area contributed by atoms with Crippen LogP contribution in [0.5, 0.6) is 5.75 Å². The van der Waals surface area contributed by atoms with Crippen LogP contribution in [0.4, 0.5) is 0 Å². The van der Waals surface area contributed by atoms with Crippen molar-refractivity contribution in [2.45, 2.75) is 72.3 Å². The van der Waals surface area contributed by atoms with E-state index < -0.39 is 0 Å². The summed E-state index contributed by atoms with van der Waals surface area (Å²) in [7, 11) is 0. The molecular weight excluding hydrogens is 212 g/mol. The van der Waals surface area contributed by atoms with E-state index in [0.29, 0.717) is 17.7 Å². The van der Waals surface area contributed by atoms with Crippen molar-refractivity contribution < 1.29 is 5.11 Å². The van der Waals surface area contributed by atoms with E-state index in [1.54, 1.807) is 0 Å².